The number of hydrogen-bond donors (Lipinski definition) is 2. The van der Waals surface area contributed by atoms with Crippen LogP contribution in [-0.2, 0) is 9.59 Å². The molecule has 0 radical (unpaired) electrons. The van der Waals surface area contributed by atoms with Crippen LogP contribution in [0.3, 0.4) is 0 Å². The third-order valence-electron chi connectivity index (χ3n) is 5.52. The molecule has 3 rings (SSSR count). The molecule has 154 valence electrons. The fraction of sp³-hybridized carbons (Fsp3) is 0.619. The van der Waals surface area contributed by atoms with Crippen LogP contribution in [-0.4, -0.2) is 66.4 Å². The predicted octanol–water partition coefficient (Wildman–Crippen LogP) is 1.68. The third-order valence-corrected chi connectivity index (χ3v) is 5.52. The molecule has 1 aliphatic carbocycles. The molecular weight excluding hydrogens is 359 g/mol. The number of hydrogen-bond acceptors (Lipinski definition) is 4. The Morgan fingerprint density at radius 3 is 2.36 bits per heavy atom. The second kappa shape index (κ2) is 9.47. The second-order valence-electron chi connectivity index (χ2n) is 7.93. The lowest BCUT2D eigenvalue weighted by molar-refractivity contribution is -0.129. The van der Waals surface area contributed by atoms with E-state index in [0.717, 1.165) is 37.9 Å². The fourth-order valence-corrected chi connectivity index (χ4v) is 3.49. The summed E-state index contributed by atoms with van der Waals surface area (Å²) in [7, 11) is 0. The first-order chi connectivity index (χ1) is 13.5. The summed E-state index contributed by atoms with van der Waals surface area (Å²) < 4.78 is 13.3. The van der Waals surface area contributed by atoms with E-state index in [1.807, 2.05) is 13.8 Å². The maximum atomic E-state index is 13.3. The van der Waals surface area contributed by atoms with Crippen LogP contribution < -0.4 is 10.6 Å². The number of halogens is 1. The van der Waals surface area contributed by atoms with E-state index in [9.17, 15) is 14.0 Å². The average Bonchev–Trinajstić information content (AvgIpc) is 3.48. The van der Waals surface area contributed by atoms with E-state index in [2.05, 4.69) is 20.4 Å². The first kappa shape index (κ1) is 20.7. The molecule has 2 atom stereocenters. The van der Waals surface area contributed by atoms with E-state index >= 15 is 0 Å². The lowest BCUT2D eigenvalue weighted by Gasteiger charge is -2.38. The predicted molar refractivity (Wildman–Crippen MR) is 106 cm³/mol. The van der Waals surface area contributed by atoms with Gasteiger partial charge < -0.3 is 10.6 Å². The van der Waals surface area contributed by atoms with Gasteiger partial charge in [-0.1, -0.05) is 19.1 Å². The number of piperazine rings is 1. The summed E-state index contributed by atoms with van der Waals surface area (Å²) in [5, 5.41) is 6.08. The molecule has 2 amide bonds. The molecule has 1 saturated carbocycles. The van der Waals surface area contributed by atoms with Crippen molar-refractivity contribution < 1.29 is 14.0 Å². The van der Waals surface area contributed by atoms with Crippen molar-refractivity contribution in [2.75, 3.05) is 32.7 Å². The summed E-state index contributed by atoms with van der Waals surface area (Å²) in [6, 6.07) is 6.24. The van der Waals surface area contributed by atoms with Crippen LogP contribution in [0.1, 0.15) is 44.7 Å². The molecule has 2 unspecified atom stereocenters. The highest BCUT2D eigenvalue weighted by Gasteiger charge is 2.34. The standard InChI is InChI=1S/C21H31FN4O2/c1-3-15(2)23-19(27)14-25-10-12-26(13-11-25)20(21(28)24-18-8-9-18)16-4-6-17(22)7-5-16/h4-7,15,18,20H,3,8-14H2,1-2H3,(H,23,27)(H,24,28). The Morgan fingerprint density at radius 2 is 1.79 bits per heavy atom. The van der Waals surface area contributed by atoms with Crippen molar-refractivity contribution in [2.24, 2.45) is 0 Å². The van der Waals surface area contributed by atoms with Crippen LogP contribution in [0, 0.1) is 5.82 Å². The Labute approximate surface area is 166 Å². The van der Waals surface area contributed by atoms with E-state index in [1.54, 1.807) is 12.1 Å². The maximum absolute atomic E-state index is 13.3. The van der Waals surface area contributed by atoms with Crippen molar-refractivity contribution in [3.05, 3.63) is 35.6 Å². The maximum Gasteiger partial charge on any atom is 0.242 e. The minimum absolute atomic E-state index is 0.0166. The van der Waals surface area contributed by atoms with Gasteiger partial charge in [0.2, 0.25) is 11.8 Å². The third kappa shape index (κ3) is 5.75. The molecule has 1 aromatic carbocycles. The van der Waals surface area contributed by atoms with Gasteiger partial charge in [-0.2, -0.15) is 0 Å². The molecular formula is C21H31FN4O2. The molecule has 2 N–H and O–H groups in total. The van der Waals surface area contributed by atoms with Gasteiger partial charge >= 0.3 is 0 Å². The number of amides is 2. The van der Waals surface area contributed by atoms with Gasteiger partial charge in [0.1, 0.15) is 11.9 Å². The molecule has 2 fully saturated rings. The highest BCUT2D eigenvalue weighted by atomic mass is 19.1. The van der Waals surface area contributed by atoms with Gasteiger partial charge in [0, 0.05) is 38.3 Å². The molecule has 28 heavy (non-hydrogen) atoms. The zero-order valence-electron chi connectivity index (χ0n) is 16.8. The van der Waals surface area contributed by atoms with E-state index in [-0.39, 0.29) is 29.7 Å². The lowest BCUT2D eigenvalue weighted by Crippen LogP contribution is -2.53. The van der Waals surface area contributed by atoms with Crippen molar-refractivity contribution in [2.45, 2.75) is 51.2 Å². The summed E-state index contributed by atoms with van der Waals surface area (Å²) >= 11 is 0. The molecule has 1 aliphatic heterocycles. The summed E-state index contributed by atoms with van der Waals surface area (Å²) in [5.41, 5.74) is 0.808. The molecule has 6 nitrogen and oxygen atoms in total. The molecule has 2 aliphatic rings. The second-order valence-corrected chi connectivity index (χ2v) is 7.93. The highest BCUT2D eigenvalue weighted by Crippen LogP contribution is 2.26. The SMILES string of the molecule is CCC(C)NC(=O)CN1CCN(C(C(=O)NC2CC2)c2ccc(F)cc2)CC1. The van der Waals surface area contributed by atoms with Crippen LogP contribution in [0.2, 0.25) is 0 Å². The molecule has 0 aromatic heterocycles. The average molecular weight is 391 g/mol. The largest absolute Gasteiger partial charge is 0.353 e. The van der Waals surface area contributed by atoms with Crippen molar-refractivity contribution >= 4 is 11.8 Å². The number of carbonyl (C=O) groups excluding carboxylic acids is 2. The van der Waals surface area contributed by atoms with Crippen LogP contribution in [0.4, 0.5) is 4.39 Å². The zero-order valence-corrected chi connectivity index (χ0v) is 16.8. The van der Waals surface area contributed by atoms with Gasteiger partial charge in [0.05, 0.1) is 6.54 Å². The zero-order chi connectivity index (χ0) is 20.1. The van der Waals surface area contributed by atoms with Crippen molar-refractivity contribution in [1.29, 1.82) is 0 Å². The molecule has 7 heteroatoms. The molecule has 1 aromatic rings. The van der Waals surface area contributed by atoms with Gasteiger partial charge in [-0.3, -0.25) is 19.4 Å². The summed E-state index contributed by atoms with van der Waals surface area (Å²) in [5.74, 6) is -0.274. The van der Waals surface area contributed by atoms with Crippen LogP contribution in [0.15, 0.2) is 24.3 Å². The number of carbonyl (C=O) groups is 2. The van der Waals surface area contributed by atoms with Gasteiger partial charge in [0.25, 0.3) is 0 Å². The Hall–Kier alpha value is -1.99. The Balaban J connectivity index is 1.60. The van der Waals surface area contributed by atoms with Crippen molar-refractivity contribution in [3.8, 4) is 0 Å². The summed E-state index contributed by atoms with van der Waals surface area (Å²) in [6.07, 6.45) is 2.97. The lowest BCUT2D eigenvalue weighted by atomic mass is 10.0. The highest BCUT2D eigenvalue weighted by molar-refractivity contribution is 5.83. The molecule has 0 spiro atoms. The normalized spacial score (nSPS) is 20.4. The van der Waals surface area contributed by atoms with E-state index < -0.39 is 6.04 Å². The quantitative estimate of drug-likeness (QED) is 0.709. The summed E-state index contributed by atoms with van der Waals surface area (Å²) in [6.45, 7) is 7.26. The number of benzene rings is 1. The minimum Gasteiger partial charge on any atom is -0.353 e. The molecule has 1 heterocycles. The first-order valence-corrected chi connectivity index (χ1v) is 10.3. The van der Waals surface area contributed by atoms with Crippen molar-refractivity contribution in [3.63, 3.8) is 0 Å². The minimum atomic E-state index is -0.419. The van der Waals surface area contributed by atoms with Crippen LogP contribution in [0.5, 0.6) is 0 Å². The van der Waals surface area contributed by atoms with Gasteiger partial charge in [-0.25, -0.2) is 4.39 Å². The number of nitrogens with zero attached hydrogens (tertiary/aromatic N) is 2. The van der Waals surface area contributed by atoms with E-state index in [4.69, 9.17) is 0 Å². The fourth-order valence-electron chi connectivity index (χ4n) is 3.49. The monoisotopic (exact) mass is 390 g/mol. The number of rotatable bonds is 8. The topological polar surface area (TPSA) is 64.7 Å². The van der Waals surface area contributed by atoms with Crippen LogP contribution >= 0.6 is 0 Å². The number of nitrogens with one attached hydrogen (secondary N) is 2. The van der Waals surface area contributed by atoms with Gasteiger partial charge in [-0.05, 0) is 43.9 Å². The molecule has 1 saturated heterocycles. The Bertz CT molecular complexity index is 669. The van der Waals surface area contributed by atoms with Crippen molar-refractivity contribution in [1.82, 2.24) is 20.4 Å². The first-order valence-electron chi connectivity index (χ1n) is 10.3. The smallest absolute Gasteiger partial charge is 0.242 e. The summed E-state index contributed by atoms with van der Waals surface area (Å²) in [4.78, 5) is 29.2. The Kier molecular flexibility index (Phi) is 7.02. The molecule has 0 bridgehead atoms. The Morgan fingerprint density at radius 1 is 1.14 bits per heavy atom. The van der Waals surface area contributed by atoms with E-state index in [1.165, 1.54) is 12.1 Å². The van der Waals surface area contributed by atoms with Gasteiger partial charge in [-0.15, -0.1) is 0 Å². The van der Waals surface area contributed by atoms with Gasteiger partial charge in [0.15, 0.2) is 0 Å². The van der Waals surface area contributed by atoms with Crippen LogP contribution in [0.25, 0.3) is 0 Å². The van der Waals surface area contributed by atoms with E-state index in [0.29, 0.717) is 19.6 Å².